The third kappa shape index (κ3) is 1.92. The minimum Gasteiger partial charge on any atom is -0.392 e. The number of fused-ring (bicyclic) bond motifs is 1. The Morgan fingerprint density at radius 1 is 1.25 bits per heavy atom. The summed E-state index contributed by atoms with van der Waals surface area (Å²) in [7, 11) is 0. The van der Waals surface area contributed by atoms with Crippen LogP contribution in [0, 0.1) is 10.1 Å². The minimum absolute atomic E-state index is 0.0470. The van der Waals surface area contributed by atoms with E-state index in [1.807, 2.05) is 24.3 Å². The number of aliphatic hydroxyl groups excluding tert-OH is 1. The molecule has 1 aromatic heterocycles. The first-order valence-electron chi connectivity index (χ1n) is 6.02. The van der Waals surface area contributed by atoms with Gasteiger partial charge in [0.1, 0.15) is 0 Å². The largest absolute Gasteiger partial charge is 0.392 e. The van der Waals surface area contributed by atoms with Crippen molar-refractivity contribution in [3.8, 4) is 5.69 Å². The Morgan fingerprint density at radius 3 is 2.80 bits per heavy atom. The molecule has 1 heterocycles. The molecule has 2 aromatic carbocycles. The molecule has 0 atom stereocenters. The highest BCUT2D eigenvalue weighted by molar-refractivity contribution is 5.80. The number of nitro benzene ring substituents is 1. The predicted molar refractivity (Wildman–Crippen MR) is 73.6 cm³/mol. The number of benzene rings is 2. The monoisotopic (exact) mass is 269 g/mol. The zero-order valence-electron chi connectivity index (χ0n) is 10.4. The van der Waals surface area contributed by atoms with Gasteiger partial charge in [0.15, 0.2) is 0 Å². The van der Waals surface area contributed by atoms with Gasteiger partial charge in [-0.25, -0.2) is 4.68 Å². The van der Waals surface area contributed by atoms with E-state index in [1.54, 1.807) is 16.9 Å². The van der Waals surface area contributed by atoms with E-state index in [-0.39, 0.29) is 12.3 Å². The van der Waals surface area contributed by atoms with Gasteiger partial charge in [-0.05, 0) is 12.1 Å². The minimum atomic E-state index is -0.482. The summed E-state index contributed by atoms with van der Waals surface area (Å²) in [6, 6.07) is 12.0. The SMILES string of the molecule is O=[N+]([O-])c1ccc(-n2ncc3ccccc32)c(CO)c1. The summed E-state index contributed by atoms with van der Waals surface area (Å²) in [5.74, 6) is 0. The summed E-state index contributed by atoms with van der Waals surface area (Å²) >= 11 is 0. The van der Waals surface area contributed by atoms with Crippen molar-refractivity contribution >= 4 is 16.6 Å². The summed E-state index contributed by atoms with van der Waals surface area (Å²) in [5.41, 5.74) is 1.94. The van der Waals surface area contributed by atoms with Gasteiger partial charge in [0.05, 0.1) is 28.9 Å². The van der Waals surface area contributed by atoms with Crippen LogP contribution < -0.4 is 0 Å². The zero-order valence-corrected chi connectivity index (χ0v) is 10.4. The quantitative estimate of drug-likeness (QED) is 0.584. The first-order valence-corrected chi connectivity index (χ1v) is 6.02. The third-order valence-electron chi connectivity index (χ3n) is 3.15. The molecule has 6 nitrogen and oxygen atoms in total. The average Bonchev–Trinajstić information content (AvgIpc) is 2.90. The molecule has 20 heavy (non-hydrogen) atoms. The molecule has 0 amide bonds. The molecule has 0 unspecified atom stereocenters. The highest BCUT2D eigenvalue weighted by Crippen LogP contribution is 2.24. The summed E-state index contributed by atoms with van der Waals surface area (Å²) in [4.78, 5) is 10.3. The Balaban J connectivity index is 2.21. The molecule has 1 N–H and O–H groups in total. The zero-order chi connectivity index (χ0) is 14.1. The molecule has 0 radical (unpaired) electrons. The topological polar surface area (TPSA) is 81.2 Å². The van der Waals surface area contributed by atoms with E-state index in [9.17, 15) is 15.2 Å². The number of nitro groups is 1. The van der Waals surface area contributed by atoms with Gasteiger partial charge in [-0.3, -0.25) is 10.1 Å². The smallest absolute Gasteiger partial charge is 0.269 e. The molecule has 3 rings (SSSR count). The van der Waals surface area contributed by atoms with Crippen molar-refractivity contribution in [3.63, 3.8) is 0 Å². The molecule has 0 fully saturated rings. The molecule has 0 spiro atoms. The van der Waals surface area contributed by atoms with Crippen LogP contribution in [0.2, 0.25) is 0 Å². The number of aliphatic hydroxyl groups is 1. The average molecular weight is 269 g/mol. The fraction of sp³-hybridized carbons (Fsp3) is 0.0714. The number of nitrogens with zero attached hydrogens (tertiary/aromatic N) is 3. The molecule has 0 saturated heterocycles. The highest BCUT2D eigenvalue weighted by atomic mass is 16.6. The Labute approximate surface area is 114 Å². The molecular weight excluding hydrogens is 258 g/mol. The molecular formula is C14H11N3O3. The number of aromatic nitrogens is 2. The van der Waals surface area contributed by atoms with Crippen LogP contribution in [0.4, 0.5) is 5.69 Å². The van der Waals surface area contributed by atoms with E-state index in [4.69, 9.17) is 0 Å². The van der Waals surface area contributed by atoms with Crippen molar-refractivity contribution in [1.29, 1.82) is 0 Å². The van der Waals surface area contributed by atoms with Crippen LogP contribution in [-0.2, 0) is 6.61 Å². The van der Waals surface area contributed by atoms with E-state index in [1.165, 1.54) is 12.1 Å². The second kappa shape index (κ2) is 4.75. The van der Waals surface area contributed by atoms with E-state index in [0.717, 1.165) is 10.9 Å². The molecule has 3 aromatic rings. The molecule has 0 aliphatic carbocycles. The third-order valence-corrected chi connectivity index (χ3v) is 3.15. The maximum atomic E-state index is 10.8. The standard InChI is InChI=1S/C14H11N3O3/c18-9-11-7-12(17(19)20)5-6-14(11)16-13-4-2-1-3-10(13)8-15-16/h1-8,18H,9H2. The molecule has 0 aliphatic rings. The molecule has 0 aliphatic heterocycles. The van der Waals surface area contributed by atoms with Gasteiger partial charge in [-0.2, -0.15) is 5.10 Å². The lowest BCUT2D eigenvalue weighted by molar-refractivity contribution is -0.384. The maximum Gasteiger partial charge on any atom is 0.269 e. The van der Waals surface area contributed by atoms with E-state index < -0.39 is 4.92 Å². The van der Waals surface area contributed by atoms with Crippen LogP contribution in [0.3, 0.4) is 0 Å². The second-order valence-corrected chi connectivity index (χ2v) is 4.34. The number of hydrogen-bond acceptors (Lipinski definition) is 4. The van der Waals surface area contributed by atoms with Crippen molar-refractivity contribution in [2.75, 3.05) is 0 Å². The summed E-state index contributed by atoms with van der Waals surface area (Å²) < 4.78 is 1.67. The molecule has 100 valence electrons. The van der Waals surface area contributed by atoms with Crippen LogP contribution >= 0.6 is 0 Å². The fourth-order valence-electron chi connectivity index (χ4n) is 2.18. The van der Waals surface area contributed by atoms with Crippen LogP contribution in [0.1, 0.15) is 5.56 Å². The van der Waals surface area contributed by atoms with Crippen molar-refractivity contribution in [1.82, 2.24) is 9.78 Å². The lowest BCUT2D eigenvalue weighted by atomic mass is 10.1. The van der Waals surface area contributed by atoms with Gasteiger partial charge in [0.2, 0.25) is 0 Å². The molecule has 6 heteroatoms. The number of rotatable bonds is 3. The lowest BCUT2D eigenvalue weighted by Gasteiger charge is -2.08. The van der Waals surface area contributed by atoms with Crippen LogP contribution in [-0.4, -0.2) is 19.8 Å². The Morgan fingerprint density at radius 2 is 2.05 bits per heavy atom. The summed E-state index contributed by atoms with van der Waals surface area (Å²) in [6.07, 6.45) is 1.72. The van der Waals surface area contributed by atoms with E-state index in [0.29, 0.717) is 11.3 Å². The Hall–Kier alpha value is -2.73. The number of para-hydroxylation sites is 1. The van der Waals surface area contributed by atoms with Crippen molar-refractivity contribution in [3.05, 3.63) is 64.3 Å². The van der Waals surface area contributed by atoms with Gasteiger partial charge in [0, 0.05) is 23.1 Å². The maximum absolute atomic E-state index is 10.8. The number of non-ortho nitro benzene ring substituents is 1. The lowest BCUT2D eigenvalue weighted by Crippen LogP contribution is -2.02. The van der Waals surface area contributed by atoms with Crippen molar-refractivity contribution < 1.29 is 10.0 Å². The van der Waals surface area contributed by atoms with Crippen molar-refractivity contribution in [2.24, 2.45) is 0 Å². The van der Waals surface area contributed by atoms with Crippen LogP contribution in [0.5, 0.6) is 0 Å². The van der Waals surface area contributed by atoms with Gasteiger partial charge in [0.25, 0.3) is 5.69 Å². The highest BCUT2D eigenvalue weighted by Gasteiger charge is 2.13. The van der Waals surface area contributed by atoms with Crippen LogP contribution in [0.25, 0.3) is 16.6 Å². The van der Waals surface area contributed by atoms with Gasteiger partial charge >= 0.3 is 0 Å². The van der Waals surface area contributed by atoms with Gasteiger partial charge in [-0.1, -0.05) is 18.2 Å². The second-order valence-electron chi connectivity index (χ2n) is 4.34. The Kier molecular flexibility index (Phi) is 2.92. The summed E-state index contributed by atoms with van der Waals surface area (Å²) in [6.45, 7) is -0.287. The van der Waals surface area contributed by atoms with E-state index >= 15 is 0 Å². The van der Waals surface area contributed by atoms with Gasteiger partial charge < -0.3 is 5.11 Å². The predicted octanol–water partition coefficient (Wildman–Crippen LogP) is 2.43. The molecule has 0 bridgehead atoms. The first-order chi connectivity index (χ1) is 9.70. The first kappa shape index (κ1) is 12.3. The normalized spacial score (nSPS) is 10.8. The van der Waals surface area contributed by atoms with E-state index in [2.05, 4.69) is 5.10 Å². The van der Waals surface area contributed by atoms with Gasteiger partial charge in [-0.15, -0.1) is 0 Å². The fourth-order valence-corrected chi connectivity index (χ4v) is 2.18. The summed E-state index contributed by atoms with van der Waals surface area (Å²) in [5, 5.41) is 25.5. The Bertz CT molecular complexity index is 795. The van der Waals surface area contributed by atoms with Crippen LogP contribution in [0.15, 0.2) is 48.7 Å². The number of hydrogen-bond donors (Lipinski definition) is 1. The van der Waals surface area contributed by atoms with Crippen molar-refractivity contribution in [2.45, 2.75) is 6.61 Å². The molecule has 0 saturated carbocycles.